The Hall–Kier alpha value is -2.84. The lowest BCUT2D eigenvalue weighted by Gasteiger charge is -2.27. The molecule has 126 valence electrons. The Balaban J connectivity index is 1.97. The minimum Gasteiger partial charge on any atom is -0.351 e. The van der Waals surface area contributed by atoms with Crippen molar-refractivity contribution in [1.82, 2.24) is 9.97 Å². The maximum atomic E-state index is 13.3. The van der Waals surface area contributed by atoms with Gasteiger partial charge in [-0.2, -0.15) is 0 Å². The van der Waals surface area contributed by atoms with Crippen LogP contribution in [0.25, 0.3) is 0 Å². The third-order valence-corrected chi connectivity index (χ3v) is 3.82. The smallest absolute Gasteiger partial charge is 0.351 e. The molecule has 0 saturated carbocycles. The maximum absolute atomic E-state index is 13.3. The topological polar surface area (TPSA) is 84.2 Å². The number of nitrogens with one attached hydrogen (secondary N) is 1. The van der Waals surface area contributed by atoms with Gasteiger partial charge in [-0.1, -0.05) is 0 Å². The second-order valence-electron chi connectivity index (χ2n) is 5.45. The molecule has 1 aromatic carbocycles. The fourth-order valence-electron chi connectivity index (χ4n) is 2.68. The molecule has 0 radical (unpaired) electrons. The van der Waals surface area contributed by atoms with Gasteiger partial charge in [0.05, 0.1) is 4.92 Å². The zero-order chi connectivity index (χ0) is 17.1. The fourth-order valence-corrected chi connectivity index (χ4v) is 2.68. The third-order valence-electron chi connectivity index (χ3n) is 3.82. The van der Waals surface area contributed by atoms with Crippen molar-refractivity contribution in [1.29, 1.82) is 0 Å². The van der Waals surface area contributed by atoms with E-state index in [0.717, 1.165) is 31.4 Å². The SMILES string of the molecule is O=[N+]([O-])c1c(Nc2ccc(F)c(F)c2)ncnc1N1CCCCC1. The van der Waals surface area contributed by atoms with E-state index in [1.807, 2.05) is 4.90 Å². The molecule has 0 aliphatic carbocycles. The van der Waals surface area contributed by atoms with Crippen molar-refractivity contribution in [3.05, 3.63) is 46.3 Å². The summed E-state index contributed by atoms with van der Waals surface area (Å²) in [5.41, 5.74) is -0.107. The van der Waals surface area contributed by atoms with Gasteiger partial charge in [-0.3, -0.25) is 10.1 Å². The number of benzene rings is 1. The van der Waals surface area contributed by atoms with Crippen molar-refractivity contribution in [2.75, 3.05) is 23.3 Å². The number of hydrogen-bond acceptors (Lipinski definition) is 6. The largest absolute Gasteiger partial charge is 0.353 e. The van der Waals surface area contributed by atoms with Gasteiger partial charge in [-0.25, -0.2) is 18.7 Å². The Kier molecular flexibility index (Phi) is 4.50. The molecule has 1 N–H and O–H groups in total. The molecule has 1 aliphatic rings. The molecule has 0 spiro atoms. The van der Waals surface area contributed by atoms with E-state index in [4.69, 9.17) is 0 Å². The second kappa shape index (κ2) is 6.73. The maximum Gasteiger partial charge on any atom is 0.353 e. The zero-order valence-corrected chi connectivity index (χ0v) is 12.7. The molecule has 0 unspecified atom stereocenters. The molecule has 24 heavy (non-hydrogen) atoms. The van der Waals surface area contributed by atoms with Crippen LogP contribution in [0.3, 0.4) is 0 Å². The summed E-state index contributed by atoms with van der Waals surface area (Å²) in [6.07, 6.45) is 4.18. The fraction of sp³-hybridized carbons (Fsp3) is 0.333. The predicted octanol–water partition coefficient (Wildman–Crippen LogP) is 3.40. The number of rotatable bonds is 4. The van der Waals surface area contributed by atoms with Crippen molar-refractivity contribution in [2.45, 2.75) is 19.3 Å². The lowest BCUT2D eigenvalue weighted by atomic mass is 10.1. The molecule has 1 aromatic heterocycles. The van der Waals surface area contributed by atoms with Crippen molar-refractivity contribution >= 4 is 23.0 Å². The van der Waals surface area contributed by atoms with E-state index in [-0.39, 0.29) is 23.0 Å². The van der Waals surface area contributed by atoms with Gasteiger partial charge >= 0.3 is 5.69 Å². The van der Waals surface area contributed by atoms with Crippen molar-refractivity contribution in [2.24, 2.45) is 0 Å². The first-order valence-corrected chi connectivity index (χ1v) is 7.52. The quantitative estimate of drug-likeness (QED) is 0.681. The number of halogens is 2. The van der Waals surface area contributed by atoms with Crippen molar-refractivity contribution in [3.8, 4) is 0 Å². The molecule has 0 amide bonds. The summed E-state index contributed by atoms with van der Waals surface area (Å²) in [5.74, 6) is -1.86. The first-order valence-electron chi connectivity index (χ1n) is 7.52. The van der Waals surface area contributed by atoms with Gasteiger partial charge in [-0.15, -0.1) is 0 Å². The van der Waals surface area contributed by atoms with Crippen LogP contribution in [0.15, 0.2) is 24.5 Å². The highest BCUT2D eigenvalue weighted by Crippen LogP contribution is 2.34. The molecule has 2 aromatic rings. The summed E-state index contributed by atoms with van der Waals surface area (Å²) in [7, 11) is 0. The summed E-state index contributed by atoms with van der Waals surface area (Å²) in [6, 6.07) is 3.14. The average molecular weight is 335 g/mol. The van der Waals surface area contributed by atoms with Crippen LogP contribution < -0.4 is 10.2 Å². The van der Waals surface area contributed by atoms with Crippen molar-refractivity contribution in [3.63, 3.8) is 0 Å². The molecule has 1 fully saturated rings. The van der Waals surface area contributed by atoms with Crippen LogP contribution in [0.2, 0.25) is 0 Å². The molecule has 0 bridgehead atoms. The molecule has 9 heteroatoms. The van der Waals surface area contributed by atoms with Gasteiger partial charge in [0, 0.05) is 24.8 Å². The standard InChI is InChI=1S/C15H15F2N5O2/c16-11-5-4-10(8-12(11)17)20-14-13(22(23)24)15(19-9-18-14)21-6-2-1-3-7-21/h4-5,8-9H,1-3,6-7H2,(H,18,19,20). The van der Waals surface area contributed by atoms with Gasteiger partial charge in [0.25, 0.3) is 0 Å². The summed E-state index contributed by atoms with van der Waals surface area (Å²) >= 11 is 0. The molecule has 3 rings (SSSR count). The lowest BCUT2D eigenvalue weighted by Crippen LogP contribution is -2.31. The zero-order valence-electron chi connectivity index (χ0n) is 12.7. The molecule has 2 heterocycles. The van der Waals surface area contributed by atoms with Gasteiger partial charge in [0.15, 0.2) is 11.6 Å². The minimum atomic E-state index is -1.05. The number of aromatic nitrogens is 2. The van der Waals surface area contributed by atoms with E-state index in [2.05, 4.69) is 15.3 Å². The van der Waals surface area contributed by atoms with Crippen LogP contribution >= 0.6 is 0 Å². The third kappa shape index (κ3) is 3.24. The van der Waals surface area contributed by atoms with Gasteiger partial charge in [-0.05, 0) is 31.4 Å². The summed E-state index contributed by atoms with van der Waals surface area (Å²) in [5, 5.41) is 14.2. The Labute approximate surface area is 136 Å². The summed E-state index contributed by atoms with van der Waals surface area (Å²) < 4.78 is 26.3. The number of nitrogens with zero attached hydrogens (tertiary/aromatic N) is 4. The predicted molar refractivity (Wildman–Crippen MR) is 84.4 cm³/mol. The van der Waals surface area contributed by atoms with Crippen LogP contribution in [0.4, 0.5) is 31.8 Å². The van der Waals surface area contributed by atoms with E-state index >= 15 is 0 Å². The van der Waals surface area contributed by atoms with E-state index in [9.17, 15) is 18.9 Å². The Morgan fingerprint density at radius 3 is 2.54 bits per heavy atom. The molecular formula is C15H15F2N5O2. The lowest BCUT2D eigenvalue weighted by molar-refractivity contribution is -0.383. The van der Waals surface area contributed by atoms with Crippen LogP contribution in [-0.2, 0) is 0 Å². The van der Waals surface area contributed by atoms with E-state index in [1.165, 1.54) is 12.4 Å². The second-order valence-corrected chi connectivity index (χ2v) is 5.45. The average Bonchev–Trinajstić information content (AvgIpc) is 2.58. The number of piperidine rings is 1. The van der Waals surface area contributed by atoms with E-state index in [0.29, 0.717) is 13.1 Å². The molecule has 7 nitrogen and oxygen atoms in total. The van der Waals surface area contributed by atoms with Crippen LogP contribution in [0.5, 0.6) is 0 Å². The van der Waals surface area contributed by atoms with Crippen LogP contribution in [0.1, 0.15) is 19.3 Å². The van der Waals surface area contributed by atoms with Crippen LogP contribution in [0, 0.1) is 21.7 Å². The number of anilines is 3. The Morgan fingerprint density at radius 1 is 1.12 bits per heavy atom. The normalized spacial score (nSPS) is 14.5. The van der Waals surface area contributed by atoms with Crippen LogP contribution in [-0.4, -0.2) is 28.0 Å². The highest BCUT2D eigenvalue weighted by atomic mass is 19.2. The molecular weight excluding hydrogens is 320 g/mol. The molecule has 0 atom stereocenters. The summed E-state index contributed by atoms with van der Waals surface area (Å²) in [6.45, 7) is 1.37. The minimum absolute atomic E-state index is 0.0541. The number of nitro groups is 1. The first-order chi connectivity index (χ1) is 11.6. The van der Waals surface area contributed by atoms with Gasteiger partial charge < -0.3 is 10.2 Å². The molecule has 1 saturated heterocycles. The van der Waals surface area contributed by atoms with E-state index in [1.54, 1.807) is 0 Å². The first kappa shape index (κ1) is 16.0. The van der Waals surface area contributed by atoms with Gasteiger partial charge in [0.1, 0.15) is 6.33 Å². The van der Waals surface area contributed by atoms with Gasteiger partial charge in [0.2, 0.25) is 11.6 Å². The summed E-state index contributed by atoms with van der Waals surface area (Å²) in [4.78, 5) is 20.8. The molecule has 1 aliphatic heterocycles. The van der Waals surface area contributed by atoms with Crippen molar-refractivity contribution < 1.29 is 13.7 Å². The highest BCUT2D eigenvalue weighted by Gasteiger charge is 2.28. The van der Waals surface area contributed by atoms with E-state index < -0.39 is 16.6 Å². The number of hydrogen-bond donors (Lipinski definition) is 1. The Bertz CT molecular complexity index is 766. The Morgan fingerprint density at radius 2 is 1.88 bits per heavy atom. The highest BCUT2D eigenvalue weighted by molar-refractivity contribution is 5.74. The monoisotopic (exact) mass is 335 g/mol.